The lowest BCUT2D eigenvalue weighted by Gasteiger charge is -2.18. The monoisotopic (exact) mass is 387 g/mol. The molecule has 0 bridgehead atoms. The Labute approximate surface area is 171 Å². The summed E-state index contributed by atoms with van der Waals surface area (Å²) < 4.78 is 10.5. The van der Waals surface area contributed by atoms with Crippen molar-refractivity contribution >= 4 is 12.0 Å². The fourth-order valence-electron chi connectivity index (χ4n) is 3.19. The van der Waals surface area contributed by atoms with Gasteiger partial charge < -0.3 is 14.8 Å². The van der Waals surface area contributed by atoms with Gasteiger partial charge in [-0.1, -0.05) is 66.7 Å². The van der Waals surface area contributed by atoms with E-state index in [0.29, 0.717) is 18.0 Å². The van der Waals surface area contributed by atoms with Crippen LogP contribution < -0.4 is 14.8 Å². The average molecular weight is 387 g/mol. The van der Waals surface area contributed by atoms with Crippen molar-refractivity contribution < 1.29 is 14.3 Å². The quantitative estimate of drug-likeness (QED) is 0.572. The summed E-state index contributed by atoms with van der Waals surface area (Å²) in [6.45, 7) is 0.517. The summed E-state index contributed by atoms with van der Waals surface area (Å²) in [7, 11) is 3.18. The Morgan fingerprint density at radius 1 is 0.862 bits per heavy atom. The Morgan fingerprint density at radius 2 is 1.45 bits per heavy atom. The smallest absolute Gasteiger partial charge is 0.244 e. The minimum absolute atomic E-state index is 0.0934. The van der Waals surface area contributed by atoms with Crippen LogP contribution in [0.4, 0.5) is 0 Å². The minimum atomic E-state index is -0.142. The summed E-state index contributed by atoms with van der Waals surface area (Å²) >= 11 is 0. The normalized spacial score (nSPS) is 10.9. The lowest BCUT2D eigenvalue weighted by Crippen LogP contribution is -2.27. The third-order valence-corrected chi connectivity index (χ3v) is 4.72. The number of rotatable bonds is 8. The Bertz CT molecular complexity index is 913. The first-order valence-corrected chi connectivity index (χ1v) is 9.49. The van der Waals surface area contributed by atoms with Crippen molar-refractivity contribution in [3.05, 3.63) is 102 Å². The summed E-state index contributed by atoms with van der Waals surface area (Å²) in [6.07, 6.45) is 3.30. The van der Waals surface area contributed by atoms with Crippen LogP contribution >= 0.6 is 0 Å². The number of carbonyl (C=O) groups excluding carboxylic acids is 1. The molecule has 3 rings (SSSR count). The lowest BCUT2D eigenvalue weighted by molar-refractivity contribution is -0.116. The number of hydrogen-bond donors (Lipinski definition) is 1. The minimum Gasteiger partial charge on any atom is -0.493 e. The first-order valence-electron chi connectivity index (χ1n) is 9.49. The van der Waals surface area contributed by atoms with E-state index in [9.17, 15) is 4.79 Å². The zero-order chi connectivity index (χ0) is 20.5. The second-order valence-corrected chi connectivity index (χ2v) is 6.57. The molecule has 4 nitrogen and oxygen atoms in total. The summed E-state index contributed by atoms with van der Waals surface area (Å²) in [6, 6.07) is 25.9. The molecule has 0 aliphatic rings. The molecule has 3 aromatic rings. The third-order valence-electron chi connectivity index (χ3n) is 4.72. The molecule has 4 heteroatoms. The van der Waals surface area contributed by atoms with E-state index in [2.05, 4.69) is 29.6 Å². The predicted molar refractivity (Wildman–Crippen MR) is 116 cm³/mol. The number of benzene rings is 3. The molecule has 0 saturated carbocycles. The van der Waals surface area contributed by atoms with E-state index in [4.69, 9.17) is 9.47 Å². The van der Waals surface area contributed by atoms with Crippen LogP contribution in [0.1, 0.15) is 22.6 Å². The van der Waals surface area contributed by atoms with E-state index in [0.717, 1.165) is 5.56 Å². The molecule has 0 unspecified atom stereocenters. The predicted octanol–water partition coefficient (Wildman–Crippen LogP) is 4.67. The summed E-state index contributed by atoms with van der Waals surface area (Å²) in [4.78, 5) is 12.4. The second kappa shape index (κ2) is 10.1. The van der Waals surface area contributed by atoms with Gasteiger partial charge in [-0.2, -0.15) is 0 Å². The largest absolute Gasteiger partial charge is 0.493 e. The highest BCUT2D eigenvalue weighted by Gasteiger charge is 2.14. The molecule has 0 atom stereocenters. The van der Waals surface area contributed by atoms with E-state index in [1.807, 2.05) is 54.6 Å². The van der Waals surface area contributed by atoms with Gasteiger partial charge in [-0.05, 0) is 34.9 Å². The Morgan fingerprint density at radius 3 is 2.00 bits per heavy atom. The van der Waals surface area contributed by atoms with E-state index in [-0.39, 0.29) is 11.8 Å². The van der Waals surface area contributed by atoms with Crippen LogP contribution in [0.2, 0.25) is 0 Å². The molecule has 1 amide bonds. The van der Waals surface area contributed by atoms with Crippen LogP contribution in [0.15, 0.2) is 84.9 Å². The number of amides is 1. The summed E-state index contributed by atoms with van der Waals surface area (Å²) in [5, 5.41) is 3.02. The van der Waals surface area contributed by atoms with Gasteiger partial charge in [0.1, 0.15) is 0 Å². The molecule has 148 valence electrons. The fraction of sp³-hybridized carbons (Fsp3) is 0.160. The van der Waals surface area contributed by atoms with E-state index < -0.39 is 0 Å². The Hall–Kier alpha value is -3.53. The molecule has 0 aliphatic heterocycles. The third kappa shape index (κ3) is 5.48. The van der Waals surface area contributed by atoms with Crippen LogP contribution in [0.3, 0.4) is 0 Å². The van der Waals surface area contributed by atoms with Gasteiger partial charge in [0.05, 0.1) is 14.2 Å². The summed E-state index contributed by atoms with van der Waals surface area (Å²) in [5.74, 6) is 1.23. The Kier molecular flexibility index (Phi) is 7.06. The van der Waals surface area contributed by atoms with Crippen LogP contribution in [0.25, 0.3) is 6.08 Å². The number of ether oxygens (including phenoxy) is 2. The molecule has 29 heavy (non-hydrogen) atoms. The highest BCUT2D eigenvalue weighted by atomic mass is 16.5. The molecule has 0 saturated heterocycles. The van der Waals surface area contributed by atoms with Gasteiger partial charge in [-0.25, -0.2) is 0 Å². The van der Waals surface area contributed by atoms with Crippen molar-refractivity contribution in [1.29, 1.82) is 0 Å². The summed E-state index contributed by atoms with van der Waals surface area (Å²) in [5.41, 5.74) is 3.20. The van der Waals surface area contributed by atoms with Crippen LogP contribution in [-0.2, 0) is 4.79 Å². The maximum atomic E-state index is 12.4. The van der Waals surface area contributed by atoms with Gasteiger partial charge in [0.15, 0.2) is 11.5 Å². The topological polar surface area (TPSA) is 47.6 Å². The Balaban J connectivity index is 1.68. The lowest BCUT2D eigenvalue weighted by atomic mass is 9.91. The van der Waals surface area contributed by atoms with Crippen molar-refractivity contribution in [2.24, 2.45) is 0 Å². The van der Waals surface area contributed by atoms with Crippen LogP contribution in [-0.4, -0.2) is 26.7 Å². The molecule has 3 aromatic carbocycles. The van der Waals surface area contributed by atoms with Gasteiger partial charge in [0.25, 0.3) is 0 Å². The van der Waals surface area contributed by atoms with Crippen molar-refractivity contribution in [1.82, 2.24) is 5.32 Å². The number of methoxy groups -OCH3 is 2. The molecule has 0 aromatic heterocycles. The average Bonchev–Trinajstić information content (AvgIpc) is 2.79. The van der Waals surface area contributed by atoms with E-state index in [1.54, 1.807) is 20.3 Å². The number of nitrogens with one attached hydrogen (secondary N) is 1. The molecular weight excluding hydrogens is 362 g/mol. The molecule has 0 aliphatic carbocycles. The molecule has 0 radical (unpaired) electrons. The van der Waals surface area contributed by atoms with Crippen molar-refractivity contribution in [3.63, 3.8) is 0 Å². The van der Waals surface area contributed by atoms with E-state index in [1.165, 1.54) is 17.2 Å². The molecule has 0 fully saturated rings. The van der Waals surface area contributed by atoms with Gasteiger partial charge >= 0.3 is 0 Å². The zero-order valence-corrected chi connectivity index (χ0v) is 16.7. The zero-order valence-electron chi connectivity index (χ0n) is 16.7. The maximum absolute atomic E-state index is 12.4. The number of carbonyl (C=O) groups is 1. The van der Waals surface area contributed by atoms with Gasteiger partial charge in [0, 0.05) is 18.5 Å². The highest BCUT2D eigenvalue weighted by Crippen LogP contribution is 2.28. The second-order valence-electron chi connectivity index (χ2n) is 6.57. The molecule has 0 spiro atoms. The van der Waals surface area contributed by atoms with Crippen LogP contribution in [0, 0.1) is 0 Å². The number of hydrogen-bond acceptors (Lipinski definition) is 3. The SMILES string of the molecule is COc1ccc(C=CC(=O)NCC(c2ccccc2)c2ccccc2)cc1OC. The molecular formula is C25H25NO3. The molecule has 0 heterocycles. The highest BCUT2D eigenvalue weighted by molar-refractivity contribution is 5.91. The standard InChI is InChI=1S/C25H25NO3/c1-28-23-15-13-19(17-24(23)29-2)14-16-25(27)26-18-22(20-9-5-3-6-10-20)21-11-7-4-8-12-21/h3-17,22H,18H2,1-2H3,(H,26,27). The first-order chi connectivity index (χ1) is 14.2. The fourth-order valence-corrected chi connectivity index (χ4v) is 3.19. The van der Waals surface area contributed by atoms with Crippen LogP contribution in [0.5, 0.6) is 11.5 Å². The van der Waals surface area contributed by atoms with Gasteiger partial charge in [-0.15, -0.1) is 0 Å². The van der Waals surface area contributed by atoms with E-state index >= 15 is 0 Å². The van der Waals surface area contributed by atoms with Crippen molar-refractivity contribution in [2.45, 2.75) is 5.92 Å². The first kappa shape index (κ1) is 20.2. The van der Waals surface area contributed by atoms with Crippen molar-refractivity contribution in [2.75, 3.05) is 20.8 Å². The van der Waals surface area contributed by atoms with Gasteiger partial charge in [-0.3, -0.25) is 4.79 Å². The maximum Gasteiger partial charge on any atom is 0.244 e. The van der Waals surface area contributed by atoms with Crippen molar-refractivity contribution in [3.8, 4) is 11.5 Å². The molecule has 1 N–H and O–H groups in total. The van der Waals surface area contributed by atoms with Gasteiger partial charge in [0.2, 0.25) is 5.91 Å².